The van der Waals surface area contributed by atoms with Crippen LogP contribution in [0.15, 0.2) is 46.9 Å². The predicted molar refractivity (Wildman–Crippen MR) is 66.0 cm³/mol. The van der Waals surface area contributed by atoms with E-state index in [4.69, 9.17) is 4.74 Å². The molecule has 0 aliphatic heterocycles. The van der Waals surface area contributed by atoms with Gasteiger partial charge in [0.25, 0.3) is 0 Å². The second kappa shape index (κ2) is 5.10. The molecule has 2 nitrogen and oxygen atoms in total. The van der Waals surface area contributed by atoms with Crippen LogP contribution in [0.25, 0.3) is 0 Å². The molecule has 86 valence electrons. The standard InChI is InChI=1S/C13H8BrFO2/c14-12-7-10(15)3-6-13(12)17-11-4-1-9(8-16)2-5-11/h1-8H. The second-order valence-electron chi connectivity index (χ2n) is 3.36. The van der Waals surface area contributed by atoms with Crippen LogP contribution in [0.2, 0.25) is 0 Å². The fourth-order valence-electron chi connectivity index (χ4n) is 1.30. The maximum absolute atomic E-state index is 12.9. The Bertz CT molecular complexity index is 538. The van der Waals surface area contributed by atoms with Crippen molar-refractivity contribution in [2.45, 2.75) is 0 Å². The van der Waals surface area contributed by atoms with Gasteiger partial charge in [-0.25, -0.2) is 4.39 Å². The molecular weight excluding hydrogens is 287 g/mol. The fraction of sp³-hybridized carbons (Fsp3) is 0. The van der Waals surface area contributed by atoms with Gasteiger partial charge < -0.3 is 4.74 Å². The van der Waals surface area contributed by atoms with E-state index < -0.39 is 0 Å². The Hall–Kier alpha value is -1.68. The maximum Gasteiger partial charge on any atom is 0.150 e. The number of benzene rings is 2. The third kappa shape index (κ3) is 2.91. The molecule has 17 heavy (non-hydrogen) atoms. The van der Waals surface area contributed by atoms with Gasteiger partial charge in [-0.1, -0.05) is 0 Å². The minimum atomic E-state index is -0.333. The maximum atomic E-state index is 12.9. The highest BCUT2D eigenvalue weighted by atomic mass is 79.9. The smallest absolute Gasteiger partial charge is 0.150 e. The van der Waals surface area contributed by atoms with Crippen LogP contribution in [-0.4, -0.2) is 6.29 Å². The van der Waals surface area contributed by atoms with Crippen LogP contribution in [-0.2, 0) is 0 Å². The lowest BCUT2D eigenvalue weighted by molar-refractivity contribution is 0.112. The van der Waals surface area contributed by atoms with E-state index in [2.05, 4.69) is 15.9 Å². The highest BCUT2D eigenvalue weighted by Gasteiger charge is 2.04. The van der Waals surface area contributed by atoms with Crippen molar-refractivity contribution in [1.29, 1.82) is 0 Å². The van der Waals surface area contributed by atoms with E-state index in [0.717, 1.165) is 6.29 Å². The quantitative estimate of drug-likeness (QED) is 0.793. The van der Waals surface area contributed by atoms with Crippen molar-refractivity contribution in [3.8, 4) is 11.5 Å². The van der Waals surface area contributed by atoms with Gasteiger partial charge in [-0.15, -0.1) is 0 Å². The summed E-state index contributed by atoms with van der Waals surface area (Å²) in [6.07, 6.45) is 0.761. The van der Waals surface area contributed by atoms with Crippen molar-refractivity contribution in [2.75, 3.05) is 0 Å². The Balaban J connectivity index is 2.22. The normalized spacial score (nSPS) is 10.0. The van der Waals surface area contributed by atoms with Crippen molar-refractivity contribution in [2.24, 2.45) is 0 Å². The molecule has 4 heteroatoms. The van der Waals surface area contributed by atoms with Crippen LogP contribution in [0.5, 0.6) is 11.5 Å². The Kier molecular flexibility index (Phi) is 3.54. The molecule has 2 aromatic carbocycles. The van der Waals surface area contributed by atoms with Crippen molar-refractivity contribution in [3.63, 3.8) is 0 Å². The summed E-state index contributed by atoms with van der Waals surface area (Å²) in [6.45, 7) is 0. The molecule has 0 saturated heterocycles. The highest BCUT2D eigenvalue weighted by molar-refractivity contribution is 9.10. The Morgan fingerprint density at radius 2 is 1.82 bits per heavy atom. The summed E-state index contributed by atoms with van der Waals surface area (Å²) in [5, 5.41) is 0. The third-order valence-electron chi connectivity index (χ3n) is 2.14. The third-order valence-corrected chi connectivity index (χ3v) is 2.76. The zero-order valence-corrected chi connectivity index (χ0v) is 10.3. The molecule has 0 aromatic heterocycles. The molecule has 0 bridgehead atoms. The number of halogens is 2. The van der Waals surface area contributed by atoms with Crippen molar-refractivity contribution in [1.82, 2.24) is 0 Å². The van der Waals surface area contributed by atoms with Gasteiger partial charge in [0.05, 0.1) is 4.47 Å². The molecule has 0 fully saturated rings. The second-order valence-corrected chi connectivity index (χ2v) is 4.22. The van der Waals surface area contributed by atoms with Gasteiger partial charge in [0, 0.05) is 5.56 Å². The van der Waals surface area contributed by atoms with Gasteiger partial charge >= 0.3 is 0 Å². The first kappa shape index (κ1) is 11.8. The summed E-state index contributed by atoms with van der Waals surface area (Å²) in [7, 11) is 0. The fourth-order valence-corrected chi connectivity index (χ4v) is 1.73. The van der Waals surface area contributed by atoms with E-state index in [1.807, 2.05) is 0 Å². The topological polar surface area (TPSA) is 26.3 Å². The largest absolute Gasteiger partial charge is 0.456 e. The number of carbonyl (C=O) groups is 1. The number of carbonyl (C=O) groups excluding carboxylic acids is 1. The van der Waals surface area contributed by atoms with E-state index in [0.29, 0.717) is 21.5 Å². The molecule has 0 unspecified atom stereocenters. The molecule has 0 N–H and O–H groups in total. The van der Waals surface area contributed by atoms with Crippen LogP contribution in [0, 0.1) is 5.82 Å². The number of rotatable bonds is 3. The zero-order valence-electron chi connectivity index (χ0n) is 8.69. The van der Waals surface area contributed by atoms with E-state index in [1.54, 1.807) is 24.3 Å². The van der Waals surface area contributed by atoms with Gasteiger partial charge in [-0.05, 0) is 58.4 Å². The Labute approximate surface area is 106 Å². The molecule has 0 aliphatic carbocycles. The van der Waals surface area contributed by atoms with E-state index >= 15 is 0 Å². The van der Waals surface area contributed by atoms with Gasteiger partial charge in [-0.3, -0.25) is 4.79 Å². The summed E-state index contributed by atoms with van der Waals surface area (Å²) >= 11 is 3.21. The van der Waals surface area contributed by atoms with Gasteiger partial charge in [0.1, 0.15) is 23.6 Å². The van der Waals surface area contributed by atoms with Crippen LogP contribution in [0.1, 0.15) is 10.4 Å². The van der Waals surface area contributed by atoms with Crippen LogP contribution < -0.4 is 4.74 Å². The average molecular weight is 295 g/mol. The highest BCUT2D eigenvalue weighted by Crippen LogP contribution is 2.30. The van der Waals surface area contributed by atoms with Gasteiger partial charge in [0.2, 0.25) is 0 Å². The Morgan fingerprint density at radius 3 is 2.41 bits per heavy atom. The summed E-state index contributed by atoms with van der Waals surface area (Å²) < 4.78 is 18.9. The molecule has 0 atom stereocenters. The van der Waals surface area contributed by atoms with Crippen molar-refractivity contribution in [3.05, 3.63) is 58.3 Å². The monoisotopic (exact) mass is 294 g/mol. The minimum absolute atomic E-state index is 0.333. The molecule has 0 amide bonds. The number of hydrogen-bond acceptors (Lipinski definition) is 2. The summed E-state index contributed by atoms with van der Waals surface area (Å²) in [6, 6.07) is 10.8. The van der Waals surface area contributed by atoms with E-state index in [-0.39, 0.29) is 5.82 Å². The van der Waals surface area contributed by atoms with Crippen LogP contribution in [0.4, 0.5) is 4.39 Å². The number of aldehydes is 1. The molecule has 0 spiro atoms. The van der Waals surface area contributed by atoms with Gasteiger partial charge in [0.15, 0.2) is 0 Å². The molecule has 0 aliphatic rings. The Morgan fingerprint density at radius 1 is 1.12 bits per heavy atom. The SMILES string of the molecule is O=Cc1ccc(Oc2ccc(F)cc2Br)cc1. The average Bonchev–Trinajstić information content (AvgIpc) is 2.34. The van der Waals surface area contributed by atoms with E-state index in [1.165, 1.54) is 18.2 Å². The first-order valence-corrected chi connectivity index (χ1v) is 5.66. The number of ether oxygens (including phenoxy) is 1. The van der Waals surface area contributed by atoms with E-state index in [9.17, 15) is 9.18 Å². The summed E-state index contributed by atoms with van der Waals surface area (Å²) in [5.41, 5.74) is 0.579. The summed E-state index contributed by atoms with van der Waals surface area (Å²) in [4.78, 5) is 10.5. The molecule has 2 aromatic rings. The first-order chi connectivity index (χ1) is 8.19. The minimum Gasteiger partial charge on any atom is -0.456 e. The summed E-state index contributed by atoms with van der Waals surface area (Å²) in [5.74, 6) is 0.772. The molecule has 0 radical (unpaired) electrons. The number of hydrogen-bond donors (Lipinski definition) is 0. The molecular formula is C13H8BrFO2. The zero-order chi connectivity index (χ0) is 12.3. The molecule has 0 saturated carbocycles. The van der Waals surface area contributed by atoms with Gasteiger partial charge in [-0.2, -0.15) is 0 Å². The van der Waals surface area contributed by atoms with Crippen LogP contribution in [0.3, 0.4) is 0 Å². The lowest BCUT2D eigenvalue weighted by atomic mass is 10.2. The lowest BCUT2D eigenvalue weighted by Gasteiger charge is -2.07. The van der Waals surface area contributed by atoms with Crippen molar-refractivity contribution < 1.29 is 13.9 Å². The lowest BCUT2D eigenvalue weighted by Crippen LogP contribution is -1.87. The molecule has 0 heterocycles. The molecule has 2 rings (SSSR count). The van der Waals surface area contributed by atoms with Crippen molar-refractivity contribution >= 4 is 22.2 Å². The van der Waals surface area contributed by atoms with Crippen LogP contribution >= 0.6 is 15.9 Å². The predicted octanol–water partition coefficient (Wildman–Crippen LogP) is 4.19. The first-order valence-electron chi connectivity index (χ1n) is 4.87.